The van der Waals surface area contributed by atoms with Crippen molar-refractivity contribution in [3.63, 3.8) is 0 Å². The molecule has 0 atom stereocenters. The van der Waals surface area contributed by atoms with Crippen LogP contribution in [-0.2, 0) is 6.18 Å². The zero-order chi connectivity index (χ0) is 14.8. The van der Waals surface area contributed by atoms with E-state index in [1.807, 2.05) is 19.1 Å². The quantitative estimate of drug-likeness (QED) is 0.935. The van der Waals surface area contributed by atoms with Crippen molar-refractivity contribution in [1.29, 1.82) is 0 Å². The highest BCUT2D eigenvalue weighted by molar-refractivity contribution is 5.54. The number of anilines is 2. The van der Waals surface area contributed by atoms with Crippen LogP contribution in [0, 0.1) is 6.92 Å². The number of aryl methyl sites for hydroxylation is 1. The molecule has 1 heterocycles. The Morgan fingerprint density at radius 2 is 1.80 bits per heavy atom. The molecule has 1 aromatic heterocycles. The Bertz CT molecular complexity index is 597. The fourth-order valence-corrected chi connectivity index (χ4v) is 1.54. The summed E-state index contributed by atoms with van der Waals surface area (Å²) in [5, 5.41) is 2.81. The molecule has 0 aliphatic carbocycles. The third kappa shape index (κ3) is 3.17. The molecule has 4 nitrogen and oxygen atoms in total. The van der Waals surface area contributed by atoms with Crippen LogP contribution in [0.2, 0.25) is 0 Å². The predicted octanol–water partition coefficient (Wildman–Crippen LogP) is 3.56. The topological polar surface area (TPSA) is 47.0 Å². The van der Waals surface area contributed by atoms with E-state index in [1.54, 1.807) is 12.1 Å². The molecule has 0 unspecified atom stereocenters. The molecule has 0 spiro atoms. The van der Waals surface area contributed by atoms with Gasteiger partial charge in [-0.2, -0.15) is 18.2 Å². The molecule has 1 aromatic carbocycles. The number of hydrogen-bond donors (Lipinski definition) is 1. The number of rotatable bonds is 3. The number of hydrogen-bond acceptors (Lipinski definition) is 4. The Labute approximate surface area is 113 Å². The van der Waals surface area contributed by atoms with Crippen LogP contribution in [0.5, 0.6) is 5.88 Å². The van der Waals surface area contributed by atoms with Crippen molar-refractivity contribution in [1.82, 2.24) is 9.97 Å². The number of ether oxygens (including phenoxy) is 1. The van der Waals surface area contributed by atoms with Gasteiger partial charge in [0.25, 0.3) is 0 Å². The average molecular weight is 283 g/mol. The molecular weight excluding hydrogens is 271 g/mol. The smallest absolute Gasteiger partial charge is 0.423 e. The summed E-state index contributed by atoms with van der Waals surface area (Å²) >= 11 is 0. The summed E-state index contributed by atoms with van der Waals surface area (Å²) in [7, 11) is 1.13. The summed E-state index contributed by atoms with van der Waals surface area (Å²) in [6.07, 6.45) is -3.85. The first-order valence-corrected chi connectivity index (χ1v) is 5.72. The monoisotopic (exact) mass is 283 g/mol. The Morgan fingerprint density at radius 3 is 2.35 bits per heavy atom. The predicted molar refractivity (Wildman–Crippen MR) is 68.0 cm³/mol. The molecule has 0 fully saturated rings. The van der Waals surface area contributed by atoms with Gasteiger partial charge in [0.1, 0.15) is 5.56 Å². The van der Waals surface area contributed by atoms with Gasteiger partial charge >= 0.3 is 6.18 Å². The first kappa shape index (κ1) is 14.1. The molecule has 0 amide bonds. The molecule has 0 aliphatic heterocycles. The van der Waals surface area contributed by atoms with Crippen molar-refractivity contribution in [3.8, 4) is 5.88 Å². The molecule has 20 heavy (non-hydrogen) atoms. The Kier molecular flexibility index (Phi) is 3.78. The second kappa shape index (κ2) is 5.36. The van der Waals surface area contributed by atoms with Gasteiger partial charge in [0.05, 0.1) is 7.11 Å². The van der Waals surface area contributed by atoms with Crippen molar-refractivity contribution in [2.45, 2.75) is 13.1 Å². The number of alkyl halides is 3. The van der Waals surface area contributed by atoms with Crippen LogP contribution in [0.25, 0.3) is 0 Å². The zero-order valence-corrected chi connectivity index (χ0v) is 10.8. The molecule has 0 radical (unpaired) electrons. The lowest BCUT2D eigenvalue weighted by atomic mass is 10.2. The Balaban J connectivity index is 2.28. The second-order valence-corrected chi connectivity index (χ2v) is 4.11. The van der Waals surface area contributed by atoms with Gasteiger partial charge in [-0.05, 0) is 19.1 Å². The lowest BCUT2D eigenvalue weighted by molar-refractivity contribution is -0.139. The van der Waals surface area contributed by atoms with Crippen molar-refractivity contribution >= 4 is 11.6 Å². The summed E-state index contributed by atoms with van der Waals surface area (Å²) in [5.41, 5.74) is 0.744. The van der Waals surface area contributed by atoms with Crippen LogP contribution in [0.1, 0.15) is 11.1 Å². The minimum Gasteiger partial charge on any atom is -0.480 e. The van der Waals surface area contributed by atoms with E-state index in [1.165, 1.54) is 0 Å². The molecule has 0 saturated heterocycles. The minimum absolute atomic E-state index is 0.0405. The number of benzene rings is 1. The normalized spacial score (nSPS) is 11.2. The molecule has 0 aliphatic rings. The summed E-state index contributed by atoms with van der Waals surface area (Å²) in [6, 6.07) is 7.29. The summed E-state index contributed by atoms with van der Waals surface area (Å²) in [4.78, 5) is 7.36. The van der Waals surface area contributed by atoms with Gasteiger partial charge < -0.3 is 10.1 Å². The number of nitrogens with zero attached hydrogens (tertiary/aromatic N) is 2. The van der Waals surface area contributed by atoms with E-state index < -0.39 is 17.6 Å². The van der Waals surface area contributed by atoms with E-state index >= 15 is 0 Å². The van der Waals surface area contributed by atoms with Gasteiger partial charge in [-0.1, -0.05) is 17.7 Å². The first-order chi connectivity index (χ1) is 9.40. The maximum Gasteiger partial charge on any atom is 0.423 e. The number of methoxy groups -OCH3 is 1. The lowest BCUT2D eigenvalue weighted by Gasteiger charge is -2.12. The highest BCUT2D eigenvalue weighted by Gasteiger charge is 2.36. The van der Waals surface area contributed by atoms with E-state index in [0.717, 1.165) is 12.7 Å². The Morgan fingerprint density at radius 1 is 1.15 bits per heavy atom. The molecule has 7 heteroatoms. The molecular formula is C13H12F3N3O. The van der Waals surface area contributed by atoms with Gasteiger partial charge in [-0.25, -0.2) is 4.98 Å². The van der Waals surface area contributed by atoms with E-state index in [-0.39, 0.29) is 5.95 Å². The van der Waals surface area contributed by atoms with Crippen LogP contribution < -0.4 is 10.1 Å². The van der Waals surface area contributed by atoms with E-state index in [2.05, 4.69) is 20.0 Å². The maximum atomic E-state index is 12.7. The third-order valence-electron chi connectivity index (χ3n) is 2.56. The molecule has 2 aromatic rings. The van der Waals surface area contributed by atoms with Crippen LogP contribution in [0.3, 0.4) is 0 Å². The third-order valence-corrected chi connectivity index (χ3v) is 2.56. The van der Waals surface area contributed by atoms with Gasteiger partial charge in [0.2, 0.25) is 11.8 Å². The number of aromatic nitrogens is 2. The van der Waals surface area contributed by atoms with E-state index in [4.69, 9.17) is 0 Å². The maximum absolute atomic E-state index is 12.7. The molecule has 106 valence electrons. The summed E-state index contributed by atoms with van der Waals surface area (Å²) in [5.74, 6) is -0.471. The minimum atomic E-state index is -4.55. The standard InChI is InChI=1S/C13H12F3N3O/c1-8-3-5-9(6-4-8)18-12-17-7-10(13(14,15)16)11(19-12)20-2/h3-7H,1-2H3,(H,17,18,19). The first-order valence-electron chi connectivity index (χ1n) is 5.72. The summed E-state index contributed by atoms with van der Waals surface area (Å²) < 4.78 is 42.6. The van der Waals surface area contributed by atoms with Crippen LogP contribution >= 0.6 is 0 Å². The SMILES string of the molecule is COc1nc(Nc2ccc(C)cc2)ncc1C(F)(F)F. The van der Waals surface area contributed by atoms with Crippen molar-refractivity contribution in [3.05, 3.63) is 41.6 Å². The zero-order valence-electron chi connectivity index (χ0n) is 10.8. The van der Waals surface area contributed by atoms with Crippen LogP contribution in [0.15, 0.2) is 30.5 Å². The lowest BCUT2D eigenvalue weighted by Crippen LogP contribution is -2.11. The molecule has 0 saturated carbocycles. The van der Waals surface area contributed by atoms with E-state index in [0.29, 0.717) is 11.9 Å². The van der Waals surface area contributed by atoms with Gasteiger partial charge in [0, 0.05) is 11.9 Å². The highest BCUT2D eigenvalue weighted by Crippen LogP contribution is 2.35. The molecule has 1 N–H and O–H groups in total. The van der Waals surface area contributed by atoms with E-state index in [9.17, 15) is 13.2 Å². The fraction of sp³-hybridized carbons (Fsp3) is 0.231. The van der Waals surface area contributed by atoms with Crippen molar-refractivity contribution in [2.24, 2.45) is 0 Å². The number of halogens is 3. The van der Waals surface area contributed by atoms with Gasteiger partial charge in [-0.3, -0.25) is 0 Å². The second-order valence-electron chi connectivity index (χ2n) is 4.11. The van der Waals surface area contributed by atoms with Crippen molar-refractivity contribution < 1.29 is 17.9 Å². The molecule has 0 bridgehead atoms. The van der Waals surface area contributed by atoms with Crippen molar-refractivity contribution in [2.75, 3.05) is 12.4 Å². The summed E-state index contributed by atoms with van der Waals surface area (Å²) in [6.45, 7) is 1.93. The Hall–Kier alpha value is -2.31. The average Bonchev–Trinajstić information content (AvgIpc) is 2.40. The number of nitrogens with one attached hydrogen (secondary N) is 1. The molecule has 2 rings (SSSR count). The fourth-order valence-electron chi connectivity index (χ4n) is 1.54. The van der Waals surface area contributed by atoms with Gasteiger partial charge in [0.15, 0.2) is 0 Å². The van der Waals surface area contributed by atoms with Crippen LogP contribution in [-0.4, -0.2) is 17.1 Å². The highest BCUT2D eigenvalue weighted by atomic mass is 19.4. The van der Waals surface area contributed by atoms with Crippen LogP contribution in [0.4, 0.5) is 24.8 Å². The largest absolute Gasteiger partial charge is 0.480 e. The van der Waals surface area contributed by atoms with Gasteiger partial charge in [-0.15, -0.1) is 0 Å².